The predicted octanol–water partition coefficient (Wildman–Crippen LogP) is 6.82. The number of allylic oxidation sites excluding steroid dienone is 1. The fourth-order valence-electron chi connectivity index (χ4n) is 4.52. The molecule has 0 saturated heterocycles. The van der Waals surface area contributed by atoms with Crippen LogP contribution in [0.3, 0.4) is 0 Å². The Hall–Kier alpha value is -1.01. The molecule has 1 aliphatic rings. The summed E-state index contributed by atoms with van der Waals surface area (Å²) in [6, 6.07) is 0. The standard InChI is InChI=1S/C26H46O5S/c1-3-4-5-6-7-8-9-10-11-12-13-14-15-22-17-16-21(18-19-23(27)28)24(29)25(22)32-20(2)26(30)31/h15,20-21,24-25,29H,3-14,16-19H2,1-2H3,(H,27,28)(H,30,31)/b22-15+/t20?,21-,24-,25-/m1/s1. The zero-order chi connectivity index (χ0) is 23.8. The van der Waals surface area contributed by atoms with E-state index in [2.05, 4.69) is 13.0 Å². The SMILES string of the molecule is CCCCCCCCCCCCC/C=C1\CC[C@H](CCC(=O)O)[C@@H](O)[C@@H]1SC(C)C(=O)O. The van der Waals surface area contributed by atoms with Gasteiger partial charge in [-0.2, -0.15) is 0 Å². The Balaban J connectivity index is 2.40. The van der Waals surface area contributed by atoms with Crippen LogP contribution in [0, 0.1) is 5.92 Å². The van der Waals surface area contributed by atoms with Gasteiger partial charge in [-0.25, -0.2) is 0 Å². The summed E-state index contributed by atoms with van der Waals surface area (Å²) in [6.07, 6.45) is 19.0. The van der Waals surface area contributed by atoms with Gasteiger partial charge in [0.1, 0.15) is 5.25 Å². The second kappa shape index (κ2) is 17.5. The van der Waals surface area contributed by atoms with Crippen LogP contribution in [-0.4, -0.2) is 43.9 Å². The van der Waals surface area contributed by atoms with Crippen molar-refractivity contribution in [2.75, 3.05) is 0 Å². The van der Waals surface area contributed by atoms with Crippen LogP contribution in [-0.2, 0) is 9.59 Å². The molecule has 0 aromatic heterocycles. The first-order valence-corrected chi connectivity index (χ1v) is 13.8. The lowest BCUT2D eigenvalue weighted by Gasteiger charge is -2.37. The number of aliphatic hydroxyl groups excluding tert-OH is 1. The molecule has 0 bridgehead atoms. The number of aliphatic carboxylic acids is 2. The van der Waals surface area contributed by atoms with Gasteiger partial charge in [0, 0.05) is 6.42 Å². The van der Waals surface area contributed by atoms with Crippen molar-refractivity contribution >= 4 is 23.7 Å². The Morgan fingerprint density at radius 3 is 2.09 bits per heavy atom. The molecule has 4 atom stereocenters. The molecule has 1 rings (SSSR count). The van der Waals surface area contributed by atoms with E-state index in [4.69, 9.17) is 5.11 Å². The zero-order valence-electron chi connectivity index (χ0n) is 20.3. The van der Waals surface area contributed by atoms with Crippen molar-refractivity contribution < 1.29 is 24.9 Å². The molecule has 3 N–H and O–H groups in total. The molecule has 186 valence electrons. The van der Waals surface area contributed by atoms with Gasteiger partial charge in [-0.3, -0.25) is 9.59 Å². The number of carboxylic acid groups (broad SMARTS) is 2. The maximum Gasteiger partial charge on any atom is 0.316 e. The number of unbranched alkanes of at least 4 members (excludes halogenated alkanes) is 11. The molecule has 32 heavy (non-hydrogen) atoms. The Morgan fingerprint density at radius 1 is 1.00 bits per heavy atom. The predicted molar refractivity (Wildman–Crippen MR) is 133 cm³/mol. The fraction of sp³-hybridized carbons (Fsp3) is 0.846. The summed E-state index contributed by atoms with van der Waals surface area (Å²) in [5.41, 5.74) is 1.15. The van der Waals surface area contributed by atoms with E-state index in [1.807, 2.05) is 0 Å². The van der Waals surface area contributed by atoms with Crippen LogP contribution >= 0.6 is 11.8 Å². The maximum absolute atomic E-state index is 11.4. The highest BCUT2D eigenvalue weighted by Crippen LogP contribution is 2.40. The number of carbonyl (C=O) groups is 2. The van der Waals surface area contributed by atoms with E-state index in [1.54, 1.807) is 6.92 Å². The van der Waals surface area contributed by atoms with Gasteiger partial charge >= 0.3 is 11.9 Å². The van der Waals surface area contributed by atoms with E-state index >= 15 is 0 Å². The molecule has 6 heteroatoms. The second-order valence-electron chi connectivity index (χ2n) is 9.36. The number of thioether (sulfide) groups is 1. The molecule has 0 aromatic rings. The summed E-state index contributed by atoms with van der Waals surface area (Å²) in [4.78, 5) is 22.3. The van der Waals surface area contributed by atoms with Crippen molar-refractivity contribution in [3.63, 3.8) is 0 Å². The van der Waals surface area contributed by atoms with Crippen molar-refractivity contribution in [2.24, 2.45) is 5.92 Å². The second-order valence-corrected chi connectivity index (χ2v) is 10.8. The van der Waals surface area contributed by atoms with Crippen LogP contribution in [0.4, 0.5) is 0 Å². The highest BCUT2D eigenvalue weighted by molar-refractivity contribution is 8.01. The van der Waals surface area contributed by atoms with Gasteiger partial charge in [0.2, 0.25) is 0 Å². The van der Waals surface area contributed by atoms with Gasteiger partial charge in [-0.1, -0.05) is 82.8 Å². The molecular formula is C26H46O5S. The summed E-state index contributed by atoms with van der Waals surface area (Å²) in [6.45, 7) is 3.91. The molecule has 0 aromatic carbocycles. The van der Waals surface area contributed by atoms with Crippen LogP contribution in [0.1, 0.15) is 117 Å². The van der Waals surface area contributed by atoms with Crippen LogP contribution in [0.5, 0.6) is 0 Å². The zero-order valence-corrected chi connectivity index (χ0v) is 21.1. The van der Waals surface area contributed by atoms with Gasteiger partial charge < -0.3 is 15.3 Å². The molecule has 5 nitrogen and oxygen atoms in total. The van der Waals surface area contributed by atoms with Crippen molar-refractivity contribution in [1.82, 2.24) is 0 Å². The first-order chi connectivity index (χ1) is 15.4. The van der Waals surface area contributed by atoms with Gasteiger partial charge in [0.25, 0.3) is 0 Å². The molecule has 0 spiro atoms. The van der Waals surface area contributed by atoms with Crippen molar-refractivity contribution in [3.05, 3.63) is 11.6 Å². The molecule has 1 fully saturated rings. The van der Waals surface area contributed by atoms with Crippen LogP contribution in [0.25, 0.3) is 0 Å². The van der Waals surface area contributed by atoms with E-state index in [0.29, 0.717) is 6.42 Å². The van der Waals surface area contributed by atoms with E-state index in [1.165, 1.54) is 76.0 Å². The van der Waals surface area contributed by atoms with Crippen LogP contribution < -0.4 is 0 Å². The van der Waals surface area contributed by atoms with Crippen molar-refractivity contribution in [2.45, 2.75) is 133 Å². The minimum Gasteiger partial charge on any atom is -0.481 e. The van der Waals surface area contributed by atoms with E-state index < -0.39 is 23.3 Å². The molecule has 0 heterocycles. The lowest BCUT2D eigenvalue weighted by Crippen LogP contribution is -2.39. The summed E-state index contributed by atoms with van der Waals surface area (Å²) in [5.74, 6) is -1.80. The Labute approximate surface area is 199 Å². The molecule has 0 amide bonds. The Bertz CT molecular complexity index is 562. The molecule has 0 radical (unpaired) electrons. The average Bonchev–Trinajstić information content (AvgIpc) is 2.75. The average molecular weight is 471 g/mol. The third kappa shape index (κ3) is 12.3. The molecular weight excluding hydrogens is 424 g/mol. The quantitative estimate of drug-likeness (QED) is 0.150. The van der Waals surface area contributed by atoms with Gasteiger partial charge in [0.15, 0.2) is 0 Å². The monoisotopic (exact) mass is 470 g/mol. The van der Waals surface area contributed by atoms with Crippen LogP contribution in [0.15, 0.2) is 11.6 Å². The topological polar surface area (TPSA) is 94.8 Å². The Morgan fingerprint density at radius 2 is 1.56 bits per heavy atom. The molecule has 1 aliphatic carbocycles. The first kappa shape index (κ1) is 29.0. The summed E-state index contributed by atoms with van der Waals surface area (Å²) in [7, 11) is 0. The maximum atomic E-state index is 11.4. The molecule has 1 saturated carbocycles. The summed E-state index contributed by atoms with van der Waals surface area (Å²) in [5, 5.41) is 28.3. The Kier molecular flexibility index (Phi) is 15.8. The van der Waals surface area contributed by atoms with Crippen molar-refractivity contribution in [1.29, 1.82) is 0 Å². The number of aliphatic hydroxyl groups is 1. The third-order valence-corrected chi connectivity index (χ3v) is 8.09. The minimum absolute atomic E-state index is 0.0470. The lowest BCUT2D eigenvalue weighted by atomic mass is 9.80. The van der Waals surface area contributed by atoms with Crippen LogP contribution in [0.2, 0.25) is 0 Å². The number of hydrogen-bond donors (Lipinski definition) is 3. The summed E-state index contributed by atoms with van der Waals surface area (Å²) < 4.78 is 0. The summed E-state index contributed by atoms with van der Waals surface area (Å²) >= 11 is 1.30. The minimum atomic E-state index is -0.875. The number of carboxylic acids is 2. The normalized spacial score (nSPS) is 23.3. The van der Waals surface area contributed by atoms with E-state index in [9.17, 15) is 19.8 Å². The third-order valence-electron chi connectivity index (χ3n) is 6.60. The lowest BCUT2D eigenvalue weighted by molar-refractivity contribution is -0.138. The van der Waals surface area contributed by atoms with Crippen molar-refractivity contribution in [3.8, 4) is 0 Å². The van der Waals surface area contributed by atoms with E-state index in [-0.39, 0.29) is 17.6 Å². The largest absolute Gasteiger partial charge is 0.481 e. The highest BCUT2D eigenvalue weighted by Gasteiger charge is 2.37. The van der Waals surface area contributed by atoms with Gasteiger partial charge in [0.05, 0.1) is 11.4 Å². The van der Waals surface area contributed by atoms with Gasteiger partial charge in [-0.05, 0) is 44.9 Å². The number of hydrogen-bond acceptors (Lipinski definition) is 4. The molecule has 1 unspecified atom stereocenters. The first-order valence-electron chi connectivity index (χ1n) is 12.8. The van der Waals surface area contributed by atoms with Gasteiger partial charge in [-0.15, -0.1) is 11.8 Å². The smallest absolute Gasteiger partial charge is 0.316 e. The highest BCUT2D eigenvalue weighted by atomic mass is 32.2. The fourth-order valence-corrected chi connectivity index (χ4v) is 5.84. The number of rotatable bonds is 18. The van der Waals surface area contributed by atoms with E-state index in [0.717, 1.165) is 31.3 Å². The molecule has 0 aliphatic heterocycles.